The van der Waals surface area contributed by atoms with Crippen LogP contribution < -0.4 is 16.0 Å². The summed E-state index contributed by atoms with van der Waals surface area (Å²) in [6.07, 6.45) is 3.09. The lowest BCUT2D eigenvalue weighted by Crippen LogP contribution is -2.47. The Balaban J connectivity index is 0. The lowest BCUT2D eigenvalue weighted by molar-refractivity contribution is -0.142. The van der Waals surface area contributed by atoms with E-state index in [4.69, 9.17) is 10.2 Å². The second kappa shape index (κ2) is 23.7. The van der Waals surface area contributed by atoms with E-state index in [0.29, 0.717) is 36.8 Å². The van der Waals surface area contributed by atoms with Crippen molar-refractivity contribution in [3.8, 4) is 0 Å². The molecule has 3 amide bonds. The number of benzene rings is 2. The first-order valence-electron chi connectivity index (χ1n) is 17.9. The fraction of sp³-hybridized carbons (Fsp3) is 0.619. The first-order chi connectivity index (χ1) is 23.1. The molecule has 0 fully saturated rings. The molecule has 290 valence electrons. The van der Waals surface area contributed by atoms with Crippen LogP contribution in [-0.2, 0) is 32.1 Å². The molecule has 0 saturated carbocycles. The van der Waals surface area contributed by atoms with E-state index in [0.717, 1.165) is 18.4 Å². The summed E-state index contributed by atoms with van der Waals surface area (Å²) in [5.74, 6) is -1.62. The van der Waals surface area contributed by atoms with Gasteiger partial charge < -0.3 is 26.2 Å². The number of aliphatic carboxylic acids is 1. The van der Waals surface area contributed by atoms with Crippen LogP contribution in [0, 0.1) is 21.7 Å². The van der Waals surface area contributed by atoms with Crippen LogP contribution in [-0.4, -0.2) is 52.6 Å². The molecule has 2 aromatic rings. The first-order valence-corrected chi connectivity index (χ1v) is 17.9. The van der Waals surface area contributed by atoms with Crippen LogP contribution in [0.5, 0.6) is 0 Å². The normalized spacial score (nSPS) is 12.5. The monoisotopic (exact) mass is 714 g/mol. The van der Waals surface area contributed by atoms with Gasteiger partial charge in [0, 0.05) is 27.0 Å². The second-order valence-electron chi connectivity index (χ2n) is 17.8. The van der Waals surface area contributed by atoms with Gasteiger partial charge in [0.2, 0.25) is 17.7 Å². The van der Waals surface area contributed by atoms with Crippen molar-refractivity contribution >= 4 is 23.7 Å². The molecule has 2 aromatic carbocycles. The Kier molecular flexibility index (Phi) is 22.9. The summed E-state index contributed by atoms with van der Waals surface area (Å²) < 4.78 is 0. The molecular formula is C42H71N3O6. The van der Waals surface area contributed by atoms with Gasteiger partial charge in [0.25, 0.3) is 0 Å². The number of hydrogen-bond donors (Lipinski definition) is 5. The average Bonchev–Trinajstić information content (AvgIpc) is 2.94. The lowest BCUT2D eigenvalue weighted by Gasteiger charge is -2.25. The molecule has 0 aromatic heterocycles. The van der Waals surface area contributed by atoms with E-state index in [-0.39, 0.29) is 28.6 Å². The largest absolute Gasteiger partial charge is 0.480 e. The highest BCUT2D eigenvalue weighted by Crippen LogP contribution is 2.22. The molecule has 9 heteroatoms. The summed E-state index contributed by atoms with van der Waals surface area (Å²) >= 11 is 0. The number of aliphatic hydroxyl groups excluding tert-OH is 1. The molecule has 2 rings (SSSR count). The minimum atomic E-state index is -0.981. The highest BCUT2D eigenvalue weighted by Gasteiger charge is 2.26. The standard InChI is InChI=1S/C16H24N2O2.C11H16.C9H17NO3.C6H14O/c1-12(19)18-14(10-16(2,3)4)15(20)17-11-13-8-6-5-7-9-13;1-11(2,3)9-10-7-5-4-6-8-10;1-6(11)10-7(8(12)13)5-9(2,3)4;1-6(2,3)4-5-7/h5-9,14H,10-11H2,1-4H3,(H,17,20)(H,18,19);4-8H,9H2,1-3H3;7H,5H2,1-4H3,(H,10,11)(H,12,13);7H,4-5H2,1-3H3/t14-;;7-;/m0.0./s1. The van der Waals surface area contributed by atoms with Crippen molar-refractivity contribution in [2.45, 2.75) is 141 Å². The Bertz CT molecular complexity index is 1270. The quantitative estimate of drug-likeness (QED) is 0.169. The van der Waals surface area contributed by atoms with Gasteiger partial charge in [0.15, 0.2) is 0 Å². The van der Waals surface area contributed by atoms with Crippen LogP contribution in [0.2, 0.25) is 0 Å². The zero-order chi connectivity index (χ0) is 40.1. The molecule has 5 N–H and O–H groups in total. The zero-order valence-electron chi connectivity index (χ0n) is 34.2. The van der Waals surface area contributed by atoms with Gasteiger partial charge in [-0.2, -0.15) is 0 Å². The van der Waals surface area contributed by atoms with Crippen molar-refractivity contribution in [3.63, 3.8) is 0 Å². The Morgan fingerprint density at radius 1 is 0.588 bits per heavy atom. The molecule has 0 saturated heterocycles. The number of carboxylic acids is 1. The maximum atomic E-state index is 12.2. The molecule has 0 unspecified atom stereocenters. The molecule has 0 bridgehead atoms. The van der Waals surface area contributed by atoms with E-state index in [1.54, 1.807) is 0 Å². The number of nitrogens with one attached hydrogen (secondary N) is 3. The summed E-state index contributed by atoms with van der Waals surface area (Å²) in [4.78, 5) is 44.8. The summed E-state index contributed by atoms with van der Waals surface area (Å²) in [6, 6.07) is 19.1. The smallest absolute Gasteiger partial charge is 0.326 e. The van der Waals surface area contributed by atoms with Gasteiger partial charge >= 0.3 is 5.97 Å². The van der Waals surface area contributed by atoms with Crippen LogP contribution in [0.3, 0.4) is 0 Å². The van der Waals surface area contributed by atoms with Gasteiger partial charge in [-0.05, 0) is 58.5 Å². The van der Waals surface area contributed by atoms with Gasteiger partial charge in [0.05, 0.1) is 0 Å². The lowest BCUT2D eigenvalue weighted by atomic mass is 9.87. The Labute approximate surface area is 309 Å². The topological polar surface area (TPSA) is 145 Å². The third kappa shape index (κ3) is 33.2. The van der Waals surface area contributed by atoms with Crippen LogP contribution in [0.1, 0.15) is 127 Å². The van der Waals surface area contributed by atoms with Crippen LogP contribution in [0.25, 0.3) is 0 Å². The van der Waals surface area contributed by atoms with Crippen LogP contribution in [0.15, 0.2) is 60.7 Å². The predicted molar refractivity (Wildman–Crippen MR) is 210 cm³/mol. The Hall–Kier alpha value is -3.72. The molecule has 9 nitrogen and oxygen atoms in total. The van der Waals surface area contributed by atoms with Crippen LogP contribution >= 0.6 is 0 Å². The van der Waals surface area contributed by atoms with Crippen molar-refractivity contribution in [2.75, 3.05) is 6.61 Å². The number of carbonyl (C=O) groups excluding carboxylic acids is 3. The van der Waals surface area contributed by atoms with Crippen molar-refractivity contribution in [2.24, 2.45) is 21.7 Å². The number of amides is 3. The highest BCUT2D eigenvalue weighted by atomic mass is 16.4. The zero-order valence-corrected chi connectivity index (χ0v) is 34.2. The predicted octanol–water partition coefficient (Wildman–Crippen LogP) is 7.95. The summed E-state index contributed by atoms with van der Waals surface area (Å²) in [6.45, 7) is 28.6. The summed E-state index contributed by atoms with van der Waals surface area (Å²) in [5, 5.41) is 25.2. The summed E-state index contributed by atoms with van der Waals surface area (Å²) in [7, 11) is 0. The first kappa shape index (κ1) is 49.4. The van der Waals surface area contributed by atoms with Gasteiger partial charge in [-0.3, -0.25) is 14.4 Å². The van der Waals surface area contributed by atoms with Crippen molar-refractivity contribution in [3.05, 3.63) is 71.8 Å². The SMILES string of the molecule is CC(=O)N[C@@H](CC(C)(C)C)C(=O)NCc1ccccc1.CC(=O)N[C@@H](CC(C)(C)C)C(=O)O.CC(C)(C)CCO.CC(C)(C)Cc1ccccc1. The maximum Gasteiger partial charge on any atom is 0.326 e. The van der Waals surface area contributed by atoms with Gasteiger partial charge in [-0.1, -0.05) is 144 Å². The third-order valence-electron chi connectivity index (χ3n) is 6.75. The van der Waals surface area contributed by atoms with Crippen LogP contribution in [0.4, 0.5) is 0 Å². The van der Waals surface area contributed by atoms with E-state index in [1.165, 1.54) is 19.4 Å². The number of carboxylic acid groups (broad SMARTS) is 1. The minimum Gasteiger partial charge on any atom is -0.480 e. The fourth-order valence-corrected chi connectivity index (χ4v) is 4.58. The highest BCUT2D eigenvalue weighted by molar-refractivity contribution is 5.86. The van der Waals surface area contributed by atoms with E-state index < -0.39 is 18.1 Å². The second-order valence-corrected chi connectivity index (χ2v) is 17.8. The van der Waals surface area contributed by atoms with E-state index in [2.05, 4.69) is 87.8 Å². The molecule has 0 radical (unpaired) electrons. The number of hydrogen-bond acceptors (Lipinski definition) is 5. The minimum absolute atomic E-state index is 0.0306. The van der Waals surface area contributed by atoms with Crippen molar-refractivity contribution < 1.29 is 29.4 Å². The van der Waals surface area contributed by atoms with Gasteiger partial charge in [0.1, 0.15) is 12.1 Å². The maximum absolute atomic E-state index is 12.2. The molecule has 0 aliphatic heterocycles. The van der Waals surface area contributed by atoms with E-state index in [9.17, 15) is 19.2 Å². The Morgan fingerprint density at radius 3 is 1.29 bits per heavy atom. The molecule has 0 aliphatic carbocycles. The molecule has 0 aliphatic rings. The number of rotatable bonds is 10. The van der Waals surface area contributed by atoms with Crippen molar-refractivity contribution in [1.29, 1.82) is 0 Å². The Morgan fingerprint density at radius 2 is 0.980 bits per heavy atom. The fourth-order valence-electron chi connectivity index (χ4n) is 4.58. The van der Waals surface area contributed by atoms with Gasteiger partial charge in [-0.25, -0.2) is 4.79 Å². The summed E-state index contributed by atoms with van der Waals surface area (Å²) in [5.41, 5.74) is 3.04. The molecule has 0 heterocycles. The molecule has 2 atom stereocenters. The number of carbonyl (C=O) groups is 4. The number of aliphatic hydroxyl groups is 1. The van der Waals surface area contributed by atoms with E-state index in [1.807, 2.05) is 71.9 Å². The average molecular weight is 714 g/mol. The third-order valence-corrected chi connectivity index (χ3v) is 6.75. The van der Waals surface area contributed by atoms with Gasteiger partial charge in [-0.15, -0.1) is 0 Å². The molecular weight excluding hydrogens is 642 g/mol. The van der Waals surface area contributed by atoms with E-state index >= 15 is 0 Å². The molecule has 0 spiro atoms. The molecule has 51 heavy (non-hydrogen) atoms. The van der Waals surface area contributed by atoms with Crippen molar-refractivity contribution in [1.82, 2.24) is 16.0 Å².